The van der Waals surface area contributed by atoms with Gasteiger partial charge in [0.25, 0.3) is 0 Å². The number of esters is 1. The molecule has 10 nitrogen and oxygen atoms in total. The molecule has 0 saturated carbocycles. The minimum Gasteiger partial charge on any atom is -0.733 e. The fourth-order valence-corrected chi connectivity index (χ4v) is 3.46. The van der Waals surface area contributed by atoms with Gasteiger partial charge in [-0.2, -0.15) is 0 Å². The van der Waals surface area contributed by atoms with Gasteiger partial charge in [0, 0.05) is 17.7 Å². The molecule has 180 valence electrons. The number of hydrogen-bond acceptors (Lipinski definition) is 10. The Labute approximate surface area is 200 Å². The van der Waals surface area contributed by atoms with Crippen LogP contribution in [0.1, 0.15) is 26.3 Å². The van der Waals surface area contributed by atoms with Crippen LogP contribution in [0.4, 0.5) is 5.69 Å². The Hall–Kier alpha value is -4.54. The molecular formula is C25H20NO9-. The number of benzene rings is 3. The third-order valence-electron chi connectivity index (χ3n) is 5.18. The molecule has 4 rings (SSSR count). The molecule has 10 heteroatoms. The number of fused-ring (bicyclic) bond motifs is 1. The van der Waals surface area contributed by atoms with Gasteiger partial charge in [-0.25, -0.2) is 4.79 Å². The van der Waals surface area contributed by atoms with E-state index < -0.39 is 5.97 Å². The second-order valence-corrected chi connectivity index (χ2v) is 7.26. The minimum atomic E-state index is -0.760. The number of Topliss-reactive ketones (excluding diaryl/α,β-unsaturated/α-hetero) is 1. The number of hydrogen-bond donors (Lipinski definition) is 1. The van der Waals surface area contributed by atoms with E-state index in [4.69, 9.17) is 28.9 Å². The van der Waals surface area contributed by atoms with Gasteiger partial charge in [0.1, 0.15) is 17.2 Å². The normalized spacial score (nSPS) is 13.2. The molecule has 0 saturated heterocycles. The molecule has 1 heterocycles. The van der Waals surface area contributed by atoms with Gasteiger partial charge in [-0.3, -0.25) is 10.0 Å². The Bertz CT molecular complexity index is 1330. The number of carbonyl (C=O) groups excluding carboxylic acids is 2. The van der Waals surface area contributed by atoms with Gasteiger partial charge in [-0.05, 0) is 42.5 Å². The number of rotatable bonds is 7. The Kier molecular flexibility index (Phi) is 6.58. The highest BCUT2D eigenvalue weighted by Gasteiger charge is 2.29. The van der Waals surface area contributed by atoms with E-state index in [1.165, 1.54) is 69.9 Å². The lowest BCUT2D eigenvalue weighted by molar-refractivity contribution is 0.0734. The van der Waals surface area contributed by atoms with Crippen molar-refractivity contribution in [2.24, 2.45) is 0 Å². The summed E-state index contributed by atoms with van der Waals surface area (Å²) in [6.07, 6.45) is 1.52. The second-order valence-electron chi connectivity index (χ2n) is 7.26. The highest BCUT2D eigenvalue weighted by molar-refractivity contribution is 6.14. The van der Waals surface area contributed by atoms with Crippen molar-refractivity contribution in [3.8, 4) is 28.7 Å². The summed E-state index contributed by atoms with van der Waals surface area (Å²) in [5.74, 6) is 0.611. The number of nitrogens with zero attached hydrogens (tertiary/aromatic N) is 1. The van der Waals surface area contributed by atoms with E-state index in [1.807, 2.05) is 0 Å². The molecule has 35 heavy (non-hydrogen) atoms. The number of methoxy groups -OCH3 is 3. The Morgan fingerprint density at radius 2 is 1.69 bits per heavy atom. The third kappa shape index (κ3) is 4.74. The van der Waals surface area contributed by atoms with E-state index >= 15 is 0 Å². The number of anilines is 1. The average molecular weight is 478 g/mol. The standard InChI is InChI=1S/C25H20NO9/c1-31-19-13-22(33-3)21(32-2)10-15(19)11-23-24(27)18-8-7-17(12-20(18)35-23)34-25(28)14-5-4-6-16(9-14)26(29)30/h4-13,29H,1-3H3/q-1. The summed E-state index contributed by atoms with van der Waals surface area (Å²) in [5.41, 5.74) is 0.752. The maximum absolute atomic E-state index is 12.9. The van der Waals surface area contributed by atoms with Crippen molar-refractivity contribution in [3.05, 3.63) is 82.3 Å². The molecular weight excluding hydrogens is 458 g/mol. The highest BCUT2D eigenvalue weighted by Crippen LogP contribution is 2.39. The van der Waals surface area contributed by atoms with E-state index in [1.54, 1.807) is 12.1 Å². The Morgan fingerprint density at radius 1 is 0.971 bits per heavy atom. The van der Waals surface area contributed by atoms with Crippen LogP contribution < -0.4 is 28.9 Å². The van der Waals surface area contributed by atoms with E-state index in [2.05, 4.69) is 0 Å². The largest absolute Gasteiger partial charge is 0.733 e. The van der Waals surface area contributed by atoms with Crippen molar-refractivity contribution in [3.63, 3.8) is 0 Å². The van der Waals surface area contributed by atoms with E-state index in [-0.39, 0.29) is 39.5 Å². The summed E-state index contributed by atoms with van der Waals surface area (Å²) in [5, 5.41) is 19.7. The van der Waals surface area contributed by atoms with Crippen LogP contribution in [-0.4, -0.2) is 38.3 Å². The van der Waals surface area contributed by atoms with Gasteiger partial charge < -0.3 is 34.1 Å². The van der Waals surface area contributed by atoms with Crippen molar-refractivity contribution in [2.75, 3.05) is 26.6 Å². The summed E-state index contributed by atoms with van der Waals surface area (Å²) in [6.45, 7) is 0. The first-order chi connectivity index (χ1) is 16.8. The topological polar surface area (TPSA) is 127 Å². The first-order valence-electron chi connectivity index (χ1n) is 10.2. The van der Waals surface area contributed by atoms with Crippen LogP contribution in [-0.2, 0) is 0 Å². The van der Waals surface area contributed by atoms with E-state index in [0.29, 0.717) is 28.4 Å². The summed E-state index contributed by atoms with van der Waals surface area (Å²) in [4.78, 5) is 25.3. The maximum atomic E-state index is 12.9. The molecule has 0 aromatic heterocycles. The van der Waals surface area contributed by atoms with Crippen molar-refractivity contribution < 1.29 is 38.5 Å². The second kappa shape index (κ2) is 9.75. The summed E-state index contributed by atoms with van der Waals surface area (Å²) in [7, 11) is 4.48. The summed E-state index contributed by atoms with van der Waals surface area (Å²) in [6, 6.07) is 13.0. The SMILES string of the molecule is COc1cc(OC)c(OC)cc1C=C1Oc2cc(OC(=O)c3cccc(N([O-])O)c3)ccc2C1=O. The van der Waals surface area contributed by atoms with Crippen LogP contribution in [0, 0.1) is 5.21 Å². The quantitative estimate of drug-likeness (QED) is 0.228. The predicted octanol–water partition coefficient (Wildman–Crippen LogP) is 4.24. The van der Waals surface area contributed by atoms with Crippen molar-refractivity contribution >= 4 is 23.5 Å². The molecule has 1 aliphatic rings. The zero-order valence-corrected chi connectivity index (χ0v) is 18.9. The summed E-state index contributed by atoms with van der Waals surface area (Å²) >= 11 is 0. The van der Waals surface area contributed by atoms with E-state index in [0.717, 1.165) is 0 Å². The van der Waals surface area contributed by atoms with Crippen LogP contribution in [0.2, 0.25) is 0 Å². The lowest BCUT2D eigenvalue weighted by Crippen LogP contribution is -2.11. The molecule has 1 N–H and O–H groups in total. The van der Waals surface area contributed by atoms with Gasteiger partial charge in [0.15, 0.2) is 17.3 Å². The molecule has 0 atom stereocenters. The number of carbonyl (C=O) groups is 2. The van der Waals surface area contributed by atoms with E-state index in [9.17, 15) is 14.8 Å². The number of ether oxygens (including phenoxy) is 5. The lowest BCUT2D eigenvalue weighted by atomic mass is 10.1. The minimum absolute atomic E-state index is 0.0418. The summed E-state index contributed by atoms with van der Waals surface area (Å²) < 4.78 is 27.1. The predicted molar refractivity (Wildman–Crippen MR) is 125 cm³/mol. The first kappa shape index (κ1) is 23.6. The fourth-order valence-electron chi connectivity index (χ4n) is 3.46. The number of allylic oxidation sites excluding steroid dienone is 1. The molecule has 0 spiro atoms. The molecule has 1 aliphatic heterocycles. The van der Waals surface area contributed by atoms with Gasteiger partial charge >= 0.3 is 5.97 Å². The molecule has 0 aliphatic carbocycles. The third-order valence-corrected chi connectivity index (χ3v) is 5.18. The van der Waals surface area contributed by atoms with Crippen LogP contribution >= 0.6 is 0 Å². The van der Waals surface area contributed by atoms with Gasteiger partial charge in [-0.15, -0.1) is 0 Å². The smallest absolute Gasteiger partial charge is 0.343 e. The molecule has 3 aromatic rings. The molecule has 0 fully saturated rings. The van der Waals surface area contributed by atoms with Gasteiger partial charge in [-0.1, -0.05) is 6.07 Å². The van der Waals surface area contributed by atoms with Crippen molar-refractivity contribution in [1.82, 2.24) is 0 Å². The fraction of sp³-hybridized carbons (Fsp3) is 0.120. The Balaban J connectivity index is 1.58. The van der Waals surface area contributed by atoms with Gasteiger partial charge in [0.2, 0.25) is 5.78 Å². The van der Waals surface area contributed by atoms with Crippen LogP contribution in [0.3, 0.4) is 0 Å². The zero-order chi connectivity index (χ0) is 25.1. The monoisotopic (exact) mass is 478 g/mol. The highest BCUT2D eigenvalue weighted by atomic mass is 16.8. The maximum Gasteiger partial charge on any atom is 0.343 e. The molecule has 3 aromatic carbocycles. The average Bonchev–Trinajstić information content (AvgIpc) is 3.17. The zero-order valence-electron chi connectivity index (χ0n) is 18.9. The first-order valence-corrected chi connectivity index (χ1v) is 10.2. The molecule has 0 radical (unpaired) electrons. The van der Waals surface area contributed by atoms with Crippen LogP contribution in [0.25, 0.3) is 6.08 Å². The van der Waals surface area contributed by atoms with Crippen LogP contribution in [0.15, 0.2) is 60.4 Å². The Morgan fingerprint density at radius 3 is 2.37 bits per heavy atom. The molecule has 0 amide bonds. The number of ketones is 1. The van der Waals surface area contributed by atoms with Crippen LogP contribution in [0.5, 0.6) is 28.7 Å². The lowest BCUT2D eigenvalue weighted by Gasteiger charge is -2.21. The van der Waals surface area contributed by atoms with Crippen molar-refractivity contribution in [2.45, 2.75) is 0 Å². The van der Waals surface area contributed by atoms with Crippen molar-refractivity contribution in [1.29, 1.82) is 0 Å². The molecule has 0 bridgehead atoms. The van der Waals surface area contributed by atoms with Gasteiger partial charge in [0.05, 0.1) is 38.1 Å². The molecule has 0 unspecified atom stereocenters.